The molecule has 0 radical (unpaired) electrons. The first kappa shape index (κ1) is 24.9. The van der Waals surface area contributed by atoms with Crippen LogP contribution < -0.4 is 0 Å². The molecule has 6 nitrogen and oxygen atoms in total. The van der Waals surface area contributed by atoms with Gasteiger partial charge in [-0.15, -0.1) is 0 Å². The van der Waals surface area contributed by atoms with Crippen molar-refractivity contribution in [2.45, 2.75) is 44.9 Å². The van der Waals surface area contributed by atoms with E-state index in [1.807, 2.05) is 24.3 Å². The normalized spacial score (nSPS) is 16.3. The van der Waals surface area contributed by atoms with Crippen molar-refractivity contribution in [2.75, 3.05) is 20.1 Å². The summed E-state index contributed by atoms with van der Waals surface area (Å²) in [4.78, 5) is 33.2. The molecule has 0 amide bonds. The van der Waals surface area contributed by atoms with E-state index in [9.17, 15) is 4.79 Å². The van der Waals surface area contributed by atoms with Gasteiger partial charge in [-0.25, -0.2) is 9.97 Å². The molecule has 0 bridgehead atoms. The lowest BCUT2D eigenvalue weighted by atomic mass is 9.92. The van der Waals surface area contributed by atoms with Crippen molar-refractivity contribution in [1.29, 1.82) is 0 Å². The maximum atomic E-state index is 13.1. The van der Waals surface area contributed by atoms with E-state index in [0.717, 1.165) is 46.0 Å². The average Bonchev–Trinajstić information content (AvgIpc) is 3.15. The first-order valence-corrected chi connectivity index (χ1v) is 13.0. The van der Waals surface area contributed by atoms with Crippen molar-refractivity contribution in [3.8, 4) is 11.4 Å². The van der Waals surface area contributed by atoms with E-state index in [0.29, 0.717) is 18.8 Å². The topological polar surface area (TPSA) is 71.9 Å². The fourth-order valence-electron chi connectivity index (χ4n) is 5.09. The Bertz CT molecular complexity index is 1350. The number of likely N-dealkylation sites (N-methyl/N-ethyl adjacent to an activating group) is 1. The Hall–Kier alpha value is -3.77. The van der Waals surface area contributed by atoms with Gasteiger partial charge in [-0.2, -0.15) is 0 Å². The van der Waals surface area contributed by atoms with Gasteiger partial charge in [0, 0.05) is 43.5 Å². The van der Waals surface area contributed by atoms with Gasteiger partial charge in [-0.1, -0.05) is 48.9 Å². The molecule has 6 heteroatoms. The number of nitrogens with zero attached hydrogens (tertiary/aromatic N) is 5. The van der Waals surface area contributed by atoms with Crippen LogP contribution in [-0.2, 0) is 12.8 Å². The number of rotatable bonds is 7. The van der Waals surface area contributed by atoms with Gasteiger partial charge in [-0.05, 0) is 67.6 Å². The molecule has 4 aromatic rings. The SMILES string of the molecule is Cc1ccc(CC(=O)c2ccc(C3CCCCN(C)C3)cc2)cc1Cc1nccc(-c2cnccn2)n1. The number of aryl methyl sites for hydroxylation is 1. The number of likely N-dealkylation sites (tertiary alicyclic amines) is 1. The van der Waals surface area contributed by atoms with Crippen LogP contribution in [0.3, 0.4) is 0 Å². The Morgan fingerprint density at radius 2 is 1.84 bits per heavy atom. The Morgan fingerprint density at radius 1 is 0.973 bits per heavy atom. The van der Waals surface area contributed by atoms with Crippen molar-refractivity contribution in [1.82, 2.24) is 24.8 Å². The summed E-state index contributed by atoms with van der Waals surface area (Å²) in [5.74, 6) is 1.40. The molecule has 1 atom stereocenters. The third kappa shape index (κ3) is 6.33. The summed E-state index contributed by atoms with van der Waals surface area (Å²) in [5.41, 5.74) is 6.86. The molecular formula is C31H33N5O. The minimum Gasteiger partial charge on any atom is -0.306 e. The molecule has 1 aliphatic rings. The molecule has 188 valence electrons. The Labute approximate surface area is 218 Å². The second-order valence-electron chi connectivity index (χ2n) is 10.1. The van der Waals surface area contributed by atoms with Crippen molar-refractivity contribution >= 4 is 5.78 Å². The fourth-order valence-corrected chi connectivity index (χ4v) is 5.09. The zero-order chi connectivity index (χ0) is 25.6. The Morgan fingerprint density at radius 3 is 2.65 bits per heavy atom. The van der Waals surface area contributed by atoms with Gasteiger partial charge in [0.15, 0.2) is 5.78 Å². The highest BCUT2D eigenvalue weighted by molar-refractivity contribution is 5.97. The molecular weight excluding hydrogens is 458 g/mol. The maximum Gasteiger partial charge on any atom is 0.167 e. The van der Waals surface area contributed by atoms with Gasteiger partial charge in [0.05, 0.1) is 11.9 Å². The van der Waals surface area contributed by atoms with E-state index >= 15 is 0 Å². The molecule has 1 aliphatic heterocycles. The lowest BCUT2D eigenvalue weighted by Crippen LogP contribution is -2.23. The molecule has 0 spiro atoms. The number of Topliss-reactive ketones (excluding diaryl/α,β-unsaturated/α-hetero) is 1. The van der Waals surface area contributed by atoms with Crippen LogP contribution in [0.4, 0.5) is 0 Å². The summed E-state index contributed by atoms with van der Waals surface area (Å²) in [7, 11) is 2.20. The van der Waals surface area contributed by atoms with Gasteiger partial charge < -0.3 is 4.90 Å². The van der Waals surface area contributed by atoms with Crippen LogP contribution in [0.15, 0.2) is 73.3 Å². The van der Waals surface area contributed by atoms with E-state index in [1.54, 1.807) is 24.8 Å². The largest absolute Gasteiger partial charge is 0.306 e. The third-order valence-electron chi connectivity index (χ3n) is 7.24. The third-order valence-corrected chi connectivity index (χ3v) is 7.24. The molecule has 3 heterocycles. The van der Waals surface area contributed by atoms with Crippen molar-refractivity contribution in [2.24, 2.45) is 0 Å². The number of hydrogen-bond acceptors (Lipinski definition) is 6. The standard InChI is InChI=1S/C31H33N5O/c1-22-6-7-23(17-27(22)19-31-34-13-12-28(35-31)29-20-32-14-15-33-29)18-30(37)25-10-8-24(9-11-25)26-5-3-4-16-36(2)21-26/h6-15,17,20,26H,3-5,16,18-19,21H2,1-2H3. The summed E-state index contributed by atoms with van der Waals surface area (Å²) in [6, 6.07) is 16.4. The average molecular weight is 492 g/mol. The lowest BCUT2D eigenvalue weighted by Gasteiger charge is -2.20. The fraction of sp³-hybridized carbons (Fsp3) is 0.323. The monoisotopic (exact) mass is 491 g/mol. The number of carbonyl (C=O) groups is 1. The number of aromatic nitrogens is 4. The van der Waals surface area contributed by atoms with Crippen LogP contribution in [-0.4, -0.2) is 50.8 Å². The molecule has 0 saturated carbocycles. The summed E-state index contributed by atoms with van der Waals surface area (Å²) < 4.78 is 0. The molecule has 5 rings (SSSR count). The Balaban J connectivity index is 1.27. The smallest absolute Gasteiger partial charge is 0.167 e. The van der Waals surface area contributed by atoms with E-state index in [2.05, 4.69) is 58.1 Å². The lowest BCUT2D eigenvalue weighted by molar-refractivity contribution is 0.0993. The van der Waals surface area contributed by atoms with Crippen molar-refractivity contribution in [3.05, 3.63) is 107 Å². The van der Waals surface area contributed by atoms with E-state index in [4.69, 9.17) is 4.98 Å². The first-order valence-electron chi connectivity index (χ1n) is 13.0. The molecule has 1 saturated heterocycles. The number of ketones is 1. The highest BCUT2D eigenvalue weighted by atomic mass is 16.1. The zero-order valence-corrected chi connectivity index (χ0v) is 21.6. The van der Waals surface area contributed by atoms with Crippen LogP contribution in [0.25, 0.3) is 11.4 Å². The van der Waals surface area contributed by atoms with Gasteiger partial charge in [0.25, 0.3) is 0 Å². The highest BCUT2D eigenvalue weighted by Crippen LogP contribution is 2.26. The van der Waals surface area contributed by atoms with Crippen LogP contribution in [0.1, 0.15) is 63.6 Å². The van der Waals surface area contributed by atoms with E-state index in [1.165, 1.54) is 31.4 Å². The predicted molar refractivity (Wildman–Crippen MR) is 146 cm³/mol. The van der Waals surface area contributed by atoms with Gasteiger partial charge in [-0.3, -0.25) is 14.8 Å². The van der Waals surface area contributed by atoms with Crippen LogP contribution in [0.2, 0.25) is 0 Å². The molecule has 2 aromatic carbocycles. The van der Waals surface area contributed by atoms with Crippen LogP contribution in [0, 0.1) is 6.92 Å². The first-order chi connectivity index (χ1) is 18.0. The summed E-state index contributed by atoms with van der Waals surface area (Å²) in [5, 5.41) is 0. The van der Waals surface area contributed by atoms with Crippen LogP contribution in [0.5, 0.6) is 0 Å². The van der Waals surface area contributed by atoms with Gasteiger partial charge >= 0.3 is 0 Å². The minimum absolute atomic E-state index is 0.139. The van der Waals surface area contributed by atoms with Gasteiger partial charge in [0.1, 0.15) is 11.5 Å². The van der Waals surface area contributed by atoms with Crippen molar-refractivity contribution in [3.63, 3.8) is 0 Å². The Kier molecular flexibility index (Phi) is 7.76. The number of carbonyl (C=O) groups excluding carboxylic acids is 1. The van der Waals surface area contributed by atoms with Gasteiger partial charge in [0.2, 0.25) is 0 Å². The van der Waals surface area contributed by atoms with Crippen LogP contribution >= 0.6 is 0 Å². The van der Waals surface area contributed by atoms with E-state index in [-0.39, 0.29) is 5.78 Å². The molecule has 0 N–H and O–H groups in total. The molecule has 37 heavy (non-hydrogen) atoms. The maximum absolute atomic E-state index is 13.1. The zero-order valence-electron chi connectivity index (χ0n) is 21.6. The second-order valence-corrected chi connectivity index (χ2v) is 10.1. The molecule has 1 fully saturated rings. The van der Waals surface area contributed by atoms with E-state index < -0.39 is 0 Å². The molecule has 2 aromatic heterocycles. The summed E-state index contributed by atoms with van der Waals surface area (Å²) in [6.07, 6.45) is 11.5. The second kappa shape index (κ2) is 11.5. The molecule has 1 unspecified atom stereocenters. The quantitative estimate of drug-likeness (QED) is 0.320. The summed E-state index contributed by atoms with van der Waals surface area (Å²) >= 11 is 0. The number of benzene rings is 2. The van der Waals surface area contributed by atoms with Crippen molar-refractivity contribution < 1.29 is 4.79 Å². The summed E-state index contributed by atoms with van der Waals surface area (Å²) in [6.45, 7) is 4.34. The minimum atomic E-state index is 0.139. The predicted octanol–water partition coefficient (Wildman–Crippen LogP) is 5.46. The highest BCUT2D eigenvalue weighted by Gasteiger charge is 2.18. The molecule has 0 aliphatic carbocycles. The number of hydrogen-bond donors (Lipinski definition) is 0.